The number of alkyl halides is 6. The van der Waals surface area contributed by atoms with E-state index in [1.165, 1.54) is 0 Å². The van der Waals surface area contributed by atoms with E-state index in [-0.39, 0.29) is 0 Å². The molecule has 0 rings (SSSR count). The summed E-state index contributed by atoms with van der Waals surface area (Å²) >= 11 is 0. The normalized spacial score (nSPS) is 16.4. The molecule has 0 aliphatic carbocycles. The van der Waals surface area contributed by atoms with E-state index in [0.29, 0.717) is 0 Å². The van der Waals surface area contributed by atoms with Gasteiger partial charge in [-0.1, -0.05) is 0 Å². The molecule has 0 aromatic carbocycles. The van der Waals surface area contributed by atoms with E-state index < -0.39 is 36.6 Å². The van der Waals surface area contributed by atoms with E-state index in [1.807, 2.05) is 0 Å². The second-order valence-corrected chi connectivity index (χ2v) is 2.38. The molecule has 0 fully saturated rings. The summed E-state index contributed by atoms with van der Waals surface area (Å²) in [5.74, 6) is -9.17. The molecule has 0 saturated carbocycles. The minimum absolute atomic E-state index is 3.56. The zero-order chi connectivity index (χ0) is 12.4. The van der Waals surface area contributed by atoms with Crippen molar-refractivity contribution in [3.63, 3.8) is 0 Å². The molecule has 90 valence electrons. The van der Waals surface area contributed by atoms with Crippen LogP contribution in [0.2, 0.25) is 0 Å². The molecule has 0 aromatic heterocycles. The molecule has 0 nitrogen and oxygen atoms in total. The summed E-state index contributed by atoms with van der Waals surface area (Å²) in [4.78, 5) is 0. The predicted octanol–water partition coefficient (Wildman–Crippen LogP) is 3.64. The number of halogens is 9. The lowest BCUT2D eigenvalue weighted by Gasteiger charge is -2.20. The van der Waals surface area contributed by atoms with Gasteiger partial charge in [0.1, 0.15) is 0 Å². The maximum Gasteiger partial charge on any atom is 0.337 e. The number of allylic oxidation sites excluding steroid dienone is 1. The van der Waals surface area contributed by atoms with Crippen LogP contribution in [-0.2, 0) is 0 Å². The first-order chi connectivity index (χ1) is 6.62. The van der Waals surface area contributed by atoms with E-state index in [1.54, 1.807) is 0 Å². The van der Waals surface area contributed by atoms with Crippen LogP contribution in [0.25, 0.3) is 0 Å². The van der Waals surface area contributed by atoms with Gasteiger partial charge in [-0.15, -0.1) is 0 Å². The van der Waals surface area contributed by atoms with E-state index in [4.69, 9.17) is 0 Å². The molecule has 0 aliphatic rings. The Morgan fingerprint density at radius 3 is 1.53 bits per heavy atom. The lowest BCUT2D eigenvalue weighted by molar-refractivity contribution is -0.117. The number of hydrogen-bond donors (Lipinski definition) is 0. The quantitative estimate of drug-likeness (QED) is 0.664. The van der Waals surface area contributed by atoms with Crippen molar-refractivity contribution in [2.24, 2.45) is 0 Å². The van der Waals surface area contributed by atoms with Gasteiger partial charge in [0.05, 0.1) is 0 Å². The van der Waals surface area contributed by atoms with Crippen molar-refractivity contribution < 1.29 is 39.5 Å². The maximum absolute atomic E-state index is 12.2. The first-order valence-corrected chi connectivity index (χ1v) is 3.27. The highest BCUT2D eigenvalue weighted by atomic mass is 19.3. The highest BCUT2D eigenvalue weighted by Crippen LogP contribution is 2.37. The van der Waals surface area contributed by atoms with Crippen LogP contribution in [0.3, 0.4) is 0 Å². The predicted molar refractivity (Wildman–Crippen MR) is 31.1 cm³/mol. The molecule has 0 heterocycles. The van der Waals surface area contributed by atoms with Gasteiger partial charge in [-0.05, 0) is 0 Å². The fourth-order valence-electron chi connectivity index (χ4n) is 0.575. The van der Waals surface area contributed by atoms with Crippen LogP contribution in [0.1, 0.15) is 0 Å². The van der Waals surface area contributed by atoms with Crippen LogP contribution in [-0.4, -0.2) is 24.7 Å². The Balaban J connectivity index is 4.97. The highest BCUT2D eigenvalue weighted by molar-refractivity contribution is 5.09. The Labute approximate surface area is 77.4 Å². The first kappa shape index (κ1) is 14.1. The van der Waals surface area contributed by atoms with Crippen LogP contribution >= 0.6 is 0 Å². The Hall–Kier alpha value is -0.890. The topological polar surface area (TPSA) is 0 Å². The van der Waals surface area contributed by atoms with Crippen molar-refractivity contribution in [2.45, 2.75) is 24.7 Å². The van der Waals surface area contributed by atoms with Crippen molar-refractivity contribution in [3.05, 3.63) is 11.9 Å². The molecular formula is C6H3F9. The van der Waals surface area contributed by atoms with Gasteiger partial charge in [0.2, 0.25) is 12.0 Å². The fraction of sp³-hybridized carbons (Fsp3) is 0.667. The smallest absolute Gasteiger partial charge is 0.238 e. The van der Waals surface area contributed by atoms with Crippen LogP contribution in [0.5, 0.6) is 0 Å². The standard InChI is InChI=1S/C6H3F9/c7-1(4(10)11)2(8)6(14,15)3(9)5(12)13/h1-2,4H. The fourth-order valence-corrected chi connectivity index (χ4v) is 0.575. The lowest BCUT2D eigenvalue weighted by atomic mass is 10.1. The summed E-state index contributed by atoms with van der Waals surface area (Å²) in [5, 5.41) is 0. The SMILES string of the molecule is FC(F)=C(F)C(F)(F)C(F)C(F)C(F)F. The van der Waals surface area contributed by atoms with Gasteiger partial charge in [-0.2, -0.15) is 22.0 Å². The third-order valence-corrected chi connectivity index (χ3v) is 1.33. The minimum atomic E-state index is -5.62. The molecule has 0 saturated heterocycles. The molecule has 0 bridgehead atoms. The molecule has 0 amide bonds. The van der Waals surface area contributed by atoms with E-state index in [2.05, 4.69) is 0 Å². The minimum Gasteiger partial charge on any atom is -0.238 e. The van der Waals surface area contributed by atoms with Crippen molar-refractivity contribution in [1.82, 2.24) is 0 Å². The van der Waals surface area contributed by atoms with Crippen LogP contribution in [0, 0.1) is 0 Å². The molecular weight excluding hydrogens is 243 g/mol. The van der Waals surface area contributed by atoms with E-state index in [0.717, 1.165) is 0 Å². The van der Waals surface area contributed by atoms with Crippen molar-refractivity contribution in [1.29, 1.82) is 0 Å². The summed E-state index contributed by atoms with van der Waals surface area (Å²) in [6.07, 6.45) is -16.2. The van der Waals surface area contributed by atoms with Crippen LogP contribution in [0.4, 0.5) is 39.5 Å². The molecule has 0 aromatic rings. The zero-order valence-corrected chi connectivity index (χ0v) is 6.63. The molecule has 0 spiro atoms. The largest absolute Gasteiger partial charge is 0.337 e. The maximum atomic E-state index is 12.2. The van der Waals surface area contributed by atoms with Gasteiger partial charge in [0.15, 0.2) is 6.17 Å². The number of hydrogen-bond acceptors (Lipinski definition) is 0. The average molecular weight is 246 g/mol. The van der Waals surface area contributed by atoms with Gasteiger partial charge in [0.25, 0.3) is 6.43 Å². The number of rotatable bonds is 4. The highest BCUT2D eigenvalue weighted by Gasteiger charge is 2.54. The Kier molecular flexibility index (Phi) is 4.47. The summed E-state index contributed by atoms with van der Waals surface area (Å²) in [5.41, 5.74) is 0. The van der Waals surface area contributed by atoms with Gasteiger partial charge in [0, 0.05) is 0 Å². The third-order valence-electron chi connectivity index (χ3n) is 1.33. The molecule has 0 N–H and O–H groups in total. The van der Waals surface area contributed by atoms with Crippen molar-refractivity contribution in [2.75, 3.05) is 0 Å². The average Bonchev–Trinajstić information content (AvgIpc) is 2.13. The second kappa shape index (κ2) is 4.75. The Morgan fingerprint density at radius 2 is 1.27 bits per heavy atom. The lowest BCUT2D eigenvalue weighted by Crippen LogP contribution is -2.41. The van der Waals surface area contributed by atoms with Crippen LogP contribution < -0.4 is 0 Å². The summed E-state index contributed by atoms with van der Waals surface area (Å²) in [7, 11) is 0. The molecule has 0 aliphatic heterocycles. The molecule has 2 unspecified atom stereocenters. The van der Waals surface area contributed by atoms with E-state index in [9.17, 15) is 39.5 Å². The Morgan fingerprint density at radius 1 is 0.867 bits per heavy atom. The third kappa shape index (κ3) is 3.03. The molecule has 0 radical (unpaired) electrons. The van der Waals surface area contributed by atoms with Gasteiger partial charge >= 0.3 is 12.0 Å². The molecule has 15 heavy (non-hydrogen) atoms. The van der Waals surface area contributed by atoms with Gasteiger partial charge in [-0.3, -0.25) is 0 Å². The van der Waals surface area contributed by atoms with Crippen LogP contribution in [0.15, 0.2) is 11.9 Å². The monoisotopic (exact) mass is 246 g/mol. The first-order valence-electron chi connectivity index (χ1n) is 3.27. The summed E-state index contributed by atoms with van der Waals surface area (Å²) in [6.45, 7) is 0. The second-order valence-electron chi connectivity index (χ2n) is 2.38. The van der Waals surface area contributed by atoms with E-state index >= 15 is 0 Å². The van der Waals surface area contributed by atoms with Crippen molar-refractivity contribution >= 4 is 0 Å². The van der Waals surface area contributed by atoms with Gasteiger partial charge < -0.3 is 0 Å². The van der Waals surface area contributed by atoms with Crippen molar-refractivity contribution in [3.8, 4) is 0 Å². The Bertz CT molecular complexity index is 241. The molecule has 9 heteroatoms. The molecule has 2 atom stereocenters. The summed E-state index contributed by atoms with van der Waals surface area (Å²) in [6, 6.07) is 0. The van der Waals surface area contributed by atoms with Gasteiger partial charge in [-0.25, -0.2) is 17.6 Å². The summed E-state index contributed by atoms with van der Waals surface area (Å²) < 4.78 is 106. The zero-order valence-electron chi connectivity index (χ0n) is 6.63.